The molecule has 0 aromatic carbocycles. The Bertz CT molecular complexity index is 441. The Morgan fingerprint density at radius 2 is 2.40 bits per heavy atom. The molecule has 1 aromatic heterocycles. The van der Waals surface area contributed by atoms with Gasteiger partial charge in [0, 0.05) is 25.6 Å². The number of rotatable bonds is 0. The molecule has 1 saturated heterocycles. The molecule has 1 fully saturated rings. The summed E-state index contributed by atoms with van der Waals surface area (Å²) in [6.07, 6.45) is 2.38. The Kier molecular flexibility index (Phi) is 1.90. The van der Waals surface area contributed by atoms with E-state index in [9.17, 15) is 4.79 Å². The zero-order chi connectivity index (χ0) is 10.4. The summed E-state index contributed by atoms with van der Waals surface area (Å²) in [5.74, 6) is 0. The maximum atomic E-state index is 11.8. The van der Waals surface area contributed by atoms with Crippen LogP contribution in [0.15, 0.2) is 11.1 Å². The minimum absolute atomic E-state index is 0.0130. The minimum atomic E-state index is 0.0130. The molecule has 5 nitrogen and oxygen atoms in total. The first kappa shape index (κ1) is 9.06. The molecule has 5 heteroatoms. The van der Waals surface area contributed by atoms with E-state index in [4.69, 9.17) is 0 Å². The van der Waals surface area contributed by atoms with Crippen molar-refractivity contribution in [1.29, 1.82) is 0 Å². The van der Waals surface area contributed by atoms with Crippen molar-refractivity contribution in [3.05, 3.63) is 27.9 Å². The molecule has 0 radical (unpaired) electrons. The van der Waals surface area contributed by atoms with Gasteiger partial charge < -0.3 is 10.3 Å². The molecule has 0 spiro atoms. The highest BCUT2D eigenvalue weighted by atomic mass is 16.1. The number of aromatic amines is 1. The Balaban J connectivity index is 2.17. The maximum Gasteiger partial charge on any atom is 0.255 e. The molecule has 3 heterocycles. The Labute approximate surface area is 87.5 Å². The molecule has 2 aliphatic heterocycles. The highest BCUT2D eigenvalue weighted by Gasteiger charge is 2.37. The maximum absolute atomic E-state index is 11.8. The third-order valence-corrected chi connectivity index (χ3v) is 3.52. The van der Waals surface area contributed by atoms with Gasteiger partial charge in [0.2, 0.25) is 0 Å². The van der Waals surface area contributed by atoms with Crippen LogP contribution in [0.5, 0.6) is 0 Å². The van der Waals surface area contributed by atoms with Crippen LogP contribution in [0.25, 0.3) is 0 Å². The highest BCUT2D eigenvalue weighted by molar-refractivity contribution is 5.26. The number of aromatic nitrogens is 2. The van der Waals surface area contributed by atoms with Gasteiger partial charge >= 0.3 is 0 Å². The second kappa shape index (κ2) is 3.15. The summed E-state index contributed by atoms with van der Waals surface area (Å²) in [6, 6.07) is 0.662. The Morgan fingerprint density at radius 3 is 3.27 bits per heavy atom. The summed E-state index contributed by atoms with van der Waals surface area (Å²) in [7, 11) is 2.09. The first-order chi connectivity index (χ1) is 7.27. The van der Waals surface area contributed by atoms with Crippen molar-refractivity contribution < 1.29 is 0 Å². The van der Waals surface area contributed by atoms with E-state index in [1.54, 1.807) is 0 Å². The number of fused-ring (bicyclic) bond motifs is 4. The lowest BCUT2D eigenvalue weighted by molar-refractivity contribution is 0.111. The zero-order valence-corrected chi connectivity index (χ0v) is 8.66. The van der Waals surface area contributed by atoms with Gasteiger partial charge in [-0.1, -0.05) is 0 Å². The van der Waals surface area contributed by atoms with Gasteiger partial charge in [-0.2, -0.15) is 0 Å². The van der Waals surface area contributed by atoms with Gasteiger partial charge in [-0.25, -0.2) is 4.98 Å². The van der Waals surface area contributed by atoms with Crippen molar-refractivity contribution in [2.75, 3.05) is 20.1 Å². The number of hydrogen-bond acceptors (Lipinski definition) is 4. The molecule has 0 saturated carbocycles. The van der Waals surface area contributed by atoms with E-state index in [2.05, 4.69) is 27.2 Å². The SMILES string of the molecule is CN1C2CNCC1c1c(nc[nH]c1=O)C2. The molecule has 3 rings (SSSR count). The third kappa shape index (κ3) is 1.23. The predicted octanol–water partition coefficient (Wildman–Crippen LogP) is -0.729. The van der Waals surface area contributed by atoms with Gasteiger partial charge in [0.15, 0.2) is 0 Å². The summed E-state index contributed by atoms with van der Waals surface area (Å²) < 4.78 is 0. The lowest BCUT2D eigenvalue weighted by atomic mass is 9.90. The lowest BCUT2D eigenvalue weighted by Gasteiger charge is -2.43. The fourth-order valence-electron chi connectivity index (χ4n) is 2.63. The predicted molar refractivity (Wildman–Crippen MR) is 55.7 cm³/mol. The van der Waals surface area contributed by atoms with Gasteiger partial charge in [0.25, 0.3) is 5.56 Å². The third-order valence-electron chi connectivity index (χ3n) is 3.52. The molecule has 2 N–H and O–H groups in total. The van der Waals surface area contributed by atoms with Crippen LogP contribution in [0.4, 0.5) is 0 Å². The van der Waals surface area contributed by atoms with Crippen LogP contribution in [0, 0.1) is 0 Å². The van der Waals surface area contributed by atoms with E-state index in [1.165, 1.54) is 6.33 Å². The van der Waals surface area contributed by atoms with Crippen molar-refractivity contribution in [2.24, 2.45) is 0 Å². The molecule has 0 amide bonds. The largest absolute Gasteiger partial charge is 0.313 e. The number of H-pyrrole nitrogens is 1. The van der Waals surface area contributed by atoms with E-state index < -0.39 is 0 Å². The Morgan fingerprint density at radius 1 is 1.53 bits per heavy atom. The first-order valence-corrected chi connectivity index (χ1v) is 5.26. The average molecular weight is 206 g/mol. The van der Waals surface area contributed by atoms with Gasteiger partial charge in [0.05, 0.1) is 23.6 Å². The molecular formula is C10H14N4O. The number of likely N-dealkylation sites (N-methyl/N-ethyl adjacent to an activating group) is 1. The van der Waals surface area contributed by atoms with Crippen molar-refractivity contribution in [3.63, 3.8) is 0 Å². The molecule has 80 valence electrons. The van der Waals surface area contributed by atoms with Gasteiger partial charge in [-0.15, -0.1) is 0 Å². The van der Waals surface area contributed by atoms with Crippen LogP contribution in [0.3, 0.4) is 0 Å². The van der Waals surface area contributed by atoms with Crippen molar-refractivity contribution in [3.8, 4) is 0 Å². The molecule has 2 bridgehead atoms. The zero-order valence-electron chi connectivity index (χ0n) is 8.66. The second-order valence-electron chi connectivity index (χ2n) is 4.29. The van der Waals surface area contributed by atoms with Gasteiger partial charge in [-0.3, -0.25) is 9.69 Å². The summed E-state index contributed by atoms with van der Waals surface area (Å²) in [6.45, 7) is 1.83. The average Bonchev–Trinajstić information content (AvgIpc) is 2.18. The normalized spacial score (nSPS) is 29.9. The smallest absolute Gasteiger partial charge is 0.255 e. The van der Waals surface area contributed by atoms with Crippen LogP contribution in [-0.4, -0.2) is 41.0 Å². The molecule has 15 heavy (non-hydrogen) atoms. The number of nitrogens with zero attached hydrogens (tertiary/aromatic N) is 2. The lowest BCUT2D eigenvalue weighted by Crippen LogP contribution is -2.56. The van der Waals surface area contributed by atoms with Crippen molar-refractivity contribution in [2.45, 2.75) is 18.5 Å². The van der Waals surface area contributed by atoms with E-state index in [1.807, 2.05) is 0 Å². The summed E-state index contributed by atoms with van der Waals surface area (Å²) >= 11 is 0. The summed E-state index contributed by atoms with van der Waals surface area (Å²) in [5.41, 5.74) is 1.84. The quantitative estimate of drug-likeness (QED) is 0.587. The Hall–Kier alpha value is -1.20. The standard InChI is InChI=1S/C10H14N4O/c1-14-6-2-7-9(8(14)4-11-3-6)10(15)13-5-12-7/h5-6,8,11H,2-4H2,1H3,(H,12,13,15). The van der Waals surface area contributed by atoms with Crippen LogP contribution in [-0.2, 0) is 6.42 Å². The van der Waals surface area contributed by atoms with Gasteiger partial charge in [-0.05, 0) is 7.05 Å². The van der Waals surface area contributed by atoms with Crippen molar-refractivity contribution in [1.82, 2.24) is 20.2 Å². The summed E-state index contributed by atoms with van der Waals surface area (Å²) in [5, 5.41) is 3.36. The molecular weight excluding hydrogens is 192 g/mol. The highest BCUT2D eigenvalue weighted by Crippen LogP contribution is 2.29. The molecule has 1 aromatic rings. The van der Waals surface area contributed by atoms with Crippen LogP contribution in [0.1, 0.15) is 17.3 Å². The van der Waals surface area contributed by atoms with Crippen LogP contribution < -0.4 is 10.9 Å². The van der Waals surface area contributed by atoms with E-state index in [0.717, 1.165) is 30.8 Å². The van der Waals surface area contributed by atoms with Crippen LogP contribution >= 0.6 is 0 Å². The fraction of sp³-hybridized carbons (Fsp3) is 0.600. The van der Waals surface area contributed by atoms with E-state index in [-0.39, 0.29) is 11.6 Å². The molecule has 2 atom stereocenters. The topological polar surface area (TPSA) is 61.0 Å². The minimum Gasteiger partial charge on any atom is -0.313 e. The van der Waals surface area contributed by atoms with E-state index in [0.29, 0.717) is 6.04 Å². The summed E-state index contributed by atoms with van der Waals surface area (Å²) in [4.78, 5) is 21.0. The number of nitrogens with one attached hydrogen (secondary N) is 2. The molecule has 2 unspecified atom stereocenters. The molecule has 0 aliphatic carbocycles. The monoisotopic (exact) mass is 206 g/mol. The van der Waals surface area contributed by atoms with E-state index >= 15 is 0 Å². The van der Waals surface area contributed by atoms with Crippen LogP contribution in [0.2, 0.25) is 0 Å². The van der Waals surface area contributed by atoms with Gasteiger partial charge in [0.1, 0.15) is 0 Å². The van der Waals surface area contributed by atoms with Crippen molar-refractivity contribution >= 4 is 0 Å². The number of hydrogen-bond donors (Lipinski definition) is 2. The molecule has 2 aliphatic rings. The number of piperazine rings is 1. The first-order valence-electron chi connectivity index (χ1n) is 5.26. The second-order valence-corrected chi connectivity index (χ2v) is 4.29. The fourth-order valence-corrected chi connectivity index (χ4v) is 2.63.